The second-order valence-corrected chi connectivity index (χ2v) is 6.64. The maximum atomic E-state index is 12.6. The van der Waals surface area contributed by atoms with Crippen LogP contribution in [0.25, 0.3) is 10.9 Å². The Morgan fingerprint density at radius 1 is 1.14 bits per heavy atom. The molecule has 0 fully saturated rings. The molecule has 2 aromatic carbocycles. The molecule has 0 bridgehead atoms. The molecule has 1 amide bonds. The molecule has 28 heavy (non-hydrogen) atoms. The van der Waals surface area contributed by atoms with Crippen molar-refractivity contribution < 1.29 is 19.1 Å². The van der Waals surface area contributed by atoms with Gasteiger partial charge in [0.05, 0.1) is 23.9 Å². The lowest BCUT2D eigenvalue weighted by molar-refractivity contribution is -0.123. The Bertz CT molecular complexity index is 1050. The Balaban J connectivity index is 1.78. The van der Waals surface area contributed by atoms with E-state index in [9.17, 15) is 9.59 Å². The third-order valence-corrected chi connectivity index (χ3v) is 4.36. The molecule has 1 N–H and O–H groups in total. The summed E-state index contributed by atoms with van der Waals surface area (Å²) in [6.45, 7) is 3.40. The van der Waals surface area contributed by atoms with Gasteiger partial charge in [-0.05, 0) is 43.7 Å². The molecular formula is C21H19ClN2O4. The quantitative estimate of drug-likeness (QED) is 0.509. The SMILES string of the molecule is COc1ccc(C)cc1NC(=O)[C@H](C)OC(=O)c1cc(Cl)nc2ccccc12. The molecule has 0 aliphatic rings. The van der Waals surface area contributed by atoms with E-state index in [-0.39, 0.29) is 10.7 Å². The van der Waals surface area contributed by atoms with Crippen molar-refractivity contribution in [2.75, 3.05) is 12.4 Å². The third-order valence-electron chi connectivity index (χ3n) is 4.17. The number of esters is 1. The van der Waals surface area contributed by atoms with Crippen LogP contribution in [0.1, 0.15) is 22.8 Å². The summed E-state index contributed by atoms with van der Waals surface area (Å²) in [6, 6.07) is 13.9. The number of hydrogen-bond donors (Lipinski definition) is 1. The number of anilines is 1. The number of halogens is 1. The zero-order valence-corrected chi connectivity index (χ0v) is 16.4. The van der Waals surface area contributed by atoms with Gasteiger partial charge >= 0.3 is 5.97 Å². The third kappa shape index (κ3) is 4.23. The van der Waals surface area contributed by atoms with Gasteiger partial charge in [0.1, 0.15) is 10.9 Å². The summed E-state index contributed by atoms with van der Waals surface area (Å²) in [5, 5.41) is 3.50. The normalized spacial score (nSPS) is 11.7. The van der Waals surface area contributed by atoms with Gasteiger partial charge in [-0.1, -0.05) is 35.9 Å². The zero-order chi connectivity index (χ0) is 20.3. The first-order valence-corrected chi connectivity index (χ1v) is 8.98. The lowest BCUT2D eigenvalue weighted by atomic mass is 10.1. The van der Waals surface area contributed by atoms with Crippen LogP contribution in [0.4, 0.5) is 5.69 Å². The van der Waals surface area contributed by atoms with Crippen molar-refractivity contribution in [2.45, 2.75) is 20.0 Å². The molecule has 1 aromatic heterocycles. The van der Waals surface area contributed by atoms with Crippen LogP contribution >= 0.6 is 11.6 Å². The molecule has 7 heteroatoms. The molecule has 3 rings (SSSR count). The summed E-state index contributed by atoms with van der Waals surface area (Å²) in [4.78, 5) is 29.3. The second kappa shape index (κ2) is 8.27. The van der Waals surface area contributed by atoms with Crippen molar-refractivity contribution in [3.8, 4) is 5.75 Å². The van der Waals surface area contributed by atoms with Crippen LogP contribution in [-0.4, -0.2) is 30.1 Å². The molecule has 1 heterocycles. The molecule has 0 saturated heterocycles. The van der Waals surface area contributed by atoms with Gasteiger partial charge < -0.3 is 14.8 Å². The Hall–Kier alpha value is -3.12. The van der Waals surface area contributed by atoms with Crippen molar-refractivity contribution in [3.63, 3.8) is 0 Å². The van der Waals surface area contributed by atoms with E-state index in [4.69, 9.17) is 21.1 Å². The van der Waals surface area contributed by atoms with Gasteiger partial charge in [0.15, 0.2) is 6.10 Å². The van der Waals surface area contributed by atoms with E-state index in [1.807, 2.05) is 13.0 Å². The number of pyridine rings is 1. The molecule has 3 aromatic rings. The van der Waals surface area contributed by atoms with Crippen LogP contribution < -0.4 is 10.1 Å². The predicted molar refractivity (Wildman–Crippen MR) is 108 cm³/mol. The summed E-state index contributed by atoms with van der Waals surface area (Å²) in [5.41, 5.74) is 2.29. The van der Waals surface area contributed by atoms with Crippen LogP contribution in [0.2, 0.25) is 5.15 Å². The Labute approximate surface area is 167 Å². The smallest absolute Gasteiger partial charge is 0.339 e. The number of hydrogen-bond acceptors (Lipinski definition) is 5. The van der Waals surface area contributed by atoms with Crippen LogP contribution in [0, 0.1) is 6.92 Å². The summed E-state index contributed by atoms with van der Waals surface area (Å²) in [5.74, 6) is -0.606. The van der Waals surface area contributed by atoms with Crippen LogP contribution in [0.3, 0.4) is 0 Å². The molecule has 0 aliphatic heterocycles. The minimum absolute atomic E-state index is 0.173. The molecule has 0 aliphatic carbocycles. The fourth-order valence-electron chi connectivity index (χ4n) is 2.74. The van der Waals surface area contributed by atoms with E-state index < -0.39 is 18.0 Å². The zero-order valence-electron chi connectivity index (χ0n) is 15.7. The minimum Gasteiger partial charge on any atom is -0.495 e. The summed E-state index contributed by atoms with van der Waals surface area (Å²) in [7, 11) is 1.52. The maximum absolute atomic E-state index is 12.6. The number of carbonyl (C=O) groups is 2. The lowest BCUT2D eigenvalue weighted by Gasteiger charge is -2.16. The molecule has 0 radical (unpaired) electrons. The van der Waals surface area contributed by atoms with Gasteiger partial charge in [-0.3, -0.25) is 4.79 Å². The van der Waals surface area contributed by atoms with Gasteiger partial charge in [-0.25, -0.2) is 9.78 Å². The van der Waals surface area contributed by atoms with E-state index in [1.165, 1.54) is 20.1 Å². The summed E-state index contributed by atoms with van der Waals surface area (Å²) < 4.78 is 10.6. The predicted octanol–water partition coefficient (Wildman–Crippen LogP) is 4.39. The van der Waals surface area contributed by atoms with Crippen LogP contribution in [-0.2, 0) is 9.53 Å². The van der Waals surface area contributed by atoms with Crippen molar-refractivity contribution in [1.29, 1.82) is 0 Å². The number of nitrogens with one attached hydrogen (secondary N) is 1. The number of nitrogens with zero attached hydrogens (tertiary/aromatic N) is 1. The molecule has 144 valence electrons. The highest BCUT2D eigenvalue weighted by molar-refractivity contribution is 6.30. The first-order chi connectivity index (χ1) is 13.4. The summed E-state index contributed by atoms with van der Waals surface area (Å²) >= 11 is 6.01. The number of benzene rings is 2. The average molecular weight is 399 g/mol. The number of rotatable bonds is 5. The van der Waals surface area contributed by atoms with E-state index in [1.54, 1.807) is 36.4 Å². The van der Waals surface area contributed by atoms with Crippen molar-refractivity contribution in [3.05, 3.63) is 64.8 Å². The van der Waals surface area contributed by atoms with E-state index in [0.717, 1.165) is 5.56 Å². The Morgan fingerprint density at radius 2 is 1.89 bits per heavy atom. The highest BCUT2D eigenvalue weighted by atomic mass is 35.5. The standard InChI is InChI=1S/C21H19ClN2O4/c1-12-8-9-18(27-3)17(10-12)24-20(25)13(2)28-21(26)15-11-19(22)23-16-7-5-4-6-14(15)16/h4-11,13H,1-3H3,(H,24,25)/t13-/m0/s1. The number of amides is 1. The largest absolute Gasteiger partial charge is 0.495 e. The number of fused-ring (bicyclic) bond motifs is 1. The Morgan fingerprint density at radius 3 is 2.64 bits per heavy atom. The minimum atomic E-state index is -1.02. The molecule has 0 saturated carbocycles. The van der Waals surface area contributed by atoms with Gasteiger partial charge in [0.25, 0.3) is 5.91 Å². The summed E-state index contributed by atoms with van der Waals surface area (Å²) in [6.07, 6.45) is -1.02. The molecule has 1 atom stereocenters. The number of para-hydroxylation sites is 1. The number of ether oxygens (including phenoxy) is 2. The molecule has 0 spiro atoms. The first-order valence-electron chi connectivity index (χ1n) is 8.61. The van der Waals surface area contributed by atoms with E-state index >= 15 is 0 Å². The highest BCUT2D eigenvalue weighted by Gasteiger charge is 2.22. The average Bonchev–Trinajstić information content (AvgIpc) is 2.67. The molecule has 6 nitrogen and oxygen atoms in total. The van der Waals surface area contributed by atoms with E-state index in [0.29, 0.717) is 22.3 Å². The highest BCUT2D eigenvalue weighted by Crippen LogP contribution is 2.26. The maximum Gasteiger partial charge on any atom is 0.339 e. The topological polar surface area (TPSA) is 77.5 Å². The monoisotopic (exact) mass is 398 g/mol. The fraction of sp³-hybridized carbons (Fsp3) is 0.190. The first kappa shape index (κ1) is 19.6. The van der Waals surface area contributed by atoms with Crippen molar-refractivity contribution >= 4 is 40.1 Å². The van der Waals surface area contributed by atoms with Gasteiger partial charge in [0, 0.05) is 5.39 Å². The van der Waals surface area contributed by atoms with E-state index in [2.05, 4.69) is 10.3 Å². The molecule has 0 unspecified atom stereocenters. The van der Waals surface area contributed by atoms with Gasteiger partial charge in [-0.2, -0.15) is 0 Å². The lowest BCUT2D eigenvalue weighted by Crippen LogP contribution is -2.30. The van der Waals surface area contributed by atoms with Crippen molar-refractivity contribution in [1.82, 2.24) is 4.98 Å². The molecular weight excluding hydrogens is 380 g/mol. The second-order valence-electron chi connectivity index (χ2n) is 6.25. The number of methoxy groups -OCH3 is 1. The van der Waals surface area contributed by atoms with Gasteiger partial charge in [0.2, 0.25) is 0 Å². The number of carbonyl (C=O) groups excluding carboxylic acids is 2. The van der Waals surface area contributed by atoms with Crippen LogP contribution in [0.5, 0.6) is 5.75 Å². The van der Waals surface area contributed by atoms with Crippen LogP contribution in [0.15, 0.2) is 48.5 Å². The number of aromatic nitrogens is 1. The van der Waals surface area contributed by atoms with Gasteiger partial charge in [-0.15, -0.1) is 0 Å². The van der Waals surface area contributed by atoms with Crippen molar-refractivity contribution in [2.24, 2.45) is 0 Å². The number of aryl methyl sites for hydroxylation is 1. The Kier molecular flexibility index (Phi) is 5.80. The fourth-order valence-corrected chi connectivity index (χ4v) is 2.94.